The molecule has 1 fully saturated rings. The number of hydrogen-bond acceptors (Lipinski definition) is 4. The molecule has 1 aromatic heterocycles. The van der Waals surface area contributed by atoms with Crippen LogP contribution >= 0.6 is 0 Å². The molecule has 140 valence electrons. The third kappa shape index (κ3) is 3.64. The number of rotatable bonds is 4. The second-order valence-electron chi connectivity index (χ2n) is 7.58. The molecular formula is C21H29N3O2. The van der Waals surface area contributed by atoms with E-state index in [9.17, 15) is 0 Å². The van der Waals surface area contributed by atoms with Crippen molar-refractivity contribution in [1.82, 2.24) is 14.9 Å². The van der Waals surface area contributed by atoms with Gasteiger partial charge in [-0.1, -0.05) is 12.1 Å². The summed E-state index contributed by atoms with van der Waals surface area (Å²) in [5, 5.41) is 3.82. The summed E-state index contributed by atoms with van der Waals surface area (Å²) < 4.78 is 14.2. The SMILES string of the molecule is Cc1ccc2c(c1)OCCCC2NC[C@@H]1CCCO[C@H]1c1nccn1C. The first-order chi connectivity index (χ1) is 12.7. The minimum Gasteiger partial charge on any atom is -0.493 e. The van der Waals surface area contributed by atoms with Crippen LogP contribution in [0.5, 0.6) is 5.75 Å². The van der Waals surface area contributed by atoms with E-state index in [0.717, 1.165) is 50.6 Å². The molecule has 1 unspecified atom stereocenters. The van der Waals surface area contributed by atoms with Crippen LogP contribution in [0.25, 0.3) is 0 Å². The Morgan fingerprint density at radius 2 is 2.12 bits per heavy atom. The average Bonchev–Trinajstić information content (AvgIpc) is 2.97. The highest BCUT2D eigenvalue weighted by molar-refractivity contribution is 5.39. The van der Waals surface area contributed by atoms with Crippen molar-refractivity contribution in [3.8, 4) is 5.75 Å². The highest BCUT2D eigenvalue weighted by atomic mass is 16.5. The molecule has 26 heavy (non-hydrogen) atoms. The third-order valence-corrected chi connectivity index (χ3v) is 5.62. The van der Waals surface area contributed by atoms with Crippen molar-refractivity contribution in [2.75, 3.05) is 19.8 Å². The summed E-state index contributed by atoms with van der Waals surface area (Å²) in [6.07, 6.45) is 8.42. The van der Waals surface area contributed by atoms with Gasteiger partial charge in [-0.05, 0) is 44.2 Å². The standard InChI is InChI=1S/C21H29N3O2/c1-15-7-8-17-18(6-4-11-25-19(17)13-15)23-14-16-5-3-12-26-20(16)21-22-9-10-24(21)2/h7-10,13,16,18,20,23H,3-6,11-12,14H2,1-2H3/t16-,18?,20+/m0/s1. The minimum atomic E-state index is 0.0794. The number of imidazole rings is 1. The number of benzene rings is 1. The van der Waals surface area contributed by atoms with Crippen LogP contribution in [0, 0.1) is 12.8 Å². The Morgan fingerprint density at radius 1 is 1.23 bits per heavy atom. The van der Waals surface area contributed by atoms with E-state index in [1.165, 1.54) is 17.5 Å². The maximum absolute atomic E-state index is 6.12. The first-order valence-electron chi connectivity index (χ1n) is 9.78. The van der Waals surface area contributed by atoms with Crippen LogP contribution in [0.1, 0.15) is 54.8 Å². The van der Waals surface area contributed by atoms with Gasteiger partial charge < -0.3 is 19.4 Å². The van der Waals surface area contributed by atoms with Crippen LogP contribution in [0.4, 0.5) is 0 Å². The molecule has 0 bridgehead atoms. The molecule has 1 N–H and O–H groups in total. The number of fused-ring (bicyclic) bond motifs is 1. The lowest BCUT2D eigenvalue weighted by Crippen LogP contribution is -2.34. The van der Waals surface area contributed by atoms with Crippen LogP contribution in [-0.2, 0) is 11.8 Å². The molecule has 2 aliphatic heterocycles. The Hall–Kier alpha value is -1.85. The van der Waals surface area contributed by atoms with Gasteiger partial charge in [0.2, 0.25) is 0 Å². The van der Waals surface area contributed by atoms with E-state index in [2.05, 4.69) is 40.0 Å². The average molecular weight is 355 g/mol. The second-order valence-corrected chi connectivity index (χ2v) is 7.58. The summed E-state index contributed by atoms with van der Waals surface area (Å²) >= 11 is 0. The van der Waals surface area contributed by atoms with Crippen molar-refractivity contribution in [3.63, 3.8) is 0 Å². The van der Waals surface area contributed by atoms with E-state index < -0.39 is 0 Å². The Morgan fingerprint density at radius 3 is 2.96 bits per heavy atom. The number of aryl methyl sites for hydroxylation is 2. The predicted molar refractivity (Wildman–Crippen MR) is 101 cm³/mol. The van der Waals surface area contributed by atoms with E-state index in [-0.39, 0.29) is 6.10 Å². The molecule has 3 atom stereocenters. The molecule has 3 heterocycles. The van der Waals surface area contributed by atoms with Crippen LogP contribution in [0.2, 0.25) is 0 Å². The fraction of sp³-hybridized carbons (Fsp3) is 0.571. The fourth-order valence-corrected chi connectivity index (χ4v) is 4.17. The van der Waals surface area contributed by atoms with Gasteiger partial charge in [0.25, 0.3) is 0 Å². The second kappa shape index (κ2) is 7.80. The summed E-state index contributed by atoms with van der Waals surface area (Å²) in [6.45, 7) is 4.69. The van der Waals surface area contributed by atoms with Crippen molar-refractivity contribution >= 4 is 0 Å². The lowest BCUT2D eigenvalue weighted by molar-refractivity contribution is -0.0351. The molecule has 1 aromatic carbocycles. The maximum atomic E-state index is 6.12. The smallest absolute Gasteiger partial charge is 0.137 e. The zero-order valence-corrected chi connectivity index (χ0v) is 15.8. The Balaban J connectivity index is 1.48. The van der Waals surface area contributed by atoms with E-state index >= 15 is 0 Å². The topological polar surface area (TPSA) is 48.3 Å². The van der Waals surface area contributed by atoms with Gasteiger partial charge in [-0.3, -0.25) is 0 Å². The number of nitrogens with one attached hydrogen (secondary N) is 1. The van der Waals surface area contributed by atoms with Gasteiger partial charge in [-0.2, -0.15) is 0 Å². The van der Waals surface area contributed by atoms with Gasteiger partial charge in [0.15, 0.2) is 0 Å². The lowest BCUT2D eigenvalue weighted by Gasteiger charge is -2.32. The quantitative estimate of drug-likeness (QED) is 0.908. The number of ether oxygens (including phenoxy) is 2. The highest BCUT2D eigenvalue weighted by Gasteiger charge is 2.31. The van der Waals surface area contributed by atoms with Gasteiger partial charge in [-0.15, -0.1) is 0 Å². The summed E-state index contributed by atoms with van der Waals surface area (Å²) in [4.78, 5) is 4.54. The molecular weight excluding hydrogens is 326 g/mol. The molecule has 4 rings (SSSR count). The van der Waals surface area contributed by atoms with Gasteiger partial charge in [0, 0.05) is 50.1 Å². The van der Waals surface area contributed by atoms with Crippen molar-refractivity contribution in [3.05, 3.63) is 47.5 Å². The molecule has 5 nitrogen and oxygen atoms in total. The number of hydrogen-bond donors (Lipinski definition) is 1. The zero-order valence-electron chi connectivity index (χ0n) is 15.8. The predicted octanol–water partition coefficient (Wildman–Crippen LogP) is 3.70. The Kier molecular flexibility index (Phi) is 5.27. The summed E-state index contributed by atoms with van der Waals surface area (Å²) in [6, 6.07) is 6.91. The molecule has 0 amide bonds. The third-order valence-electron chi connectivity index (χ3n) is 5.62. The molecule has 1 saturated heterocycles. The van der Waals surface area contributed by atoms with E-state index in [4.69, 9.17) is 9.47 Å². The lowest BCUT2D eigenvalue weighted by atomic mass is 9.92. The largest absolute Gasteiger partial charge is 0.493 e. The summed E-state index contributed by atoms with van der Waals surface area (Å²) in [5.41, 5.74) is 2.54. The van der Waals surface area contributed by atoms with E-state index in [1.807, 2.05) is 19.4 Å². The van der Waals surface area contributed by atoms with Crippen molar-refractivity contribution in [2.45, 2.75) is 44.8 Å². The molecule has 2 aliphatic rings. The number of nitrogens with zero attached hydrogens (tertiary/aromatic N) is 2. The van der Waals surface area contributed by atoms with Crippen LogP contribution in [0.3, 0.4) is 0 Å². The van der Waals surface area contributed by atoms with Crippen molar-refractivity contribution in [2.24, 2.45) is 13.0 Å². The Bertz CT molecular complexity index is 743. The molecule has 5 heteroatoms. The van der Waals surface area contributed by atoms with Gasteiger partial charge >= 0.3 is 0 Å². The maximum Gasteiger partial charge on any atom is 0.137 e. The molecule has 2 aromatic rings. The fourth-order valence-electron chi connectivity index (χ4n) is 4.17. The first-order valence-corrected chi connectivity index (χ1v) is 9.78. The minimum absolute atomic E-state index is 0.0794. The molecule has 0 aliphatic carbocycles. The molecule has 0 radical (unpaired) electrons. The summed E-state index contributed by atoms with van der Waals surface area (Å²) in [5.74, 6) is 2.53. The van der Waals surface area contributed by atoms with E-state index in [1.54, 1.807) is 0 Å². The highest BCUT2D eigenvalue weighted by Crippen LogP contribution is 2.35. The van der Waals surface area contributed by atoms with E-state index in [0.29, 0.717) is 12.0 Å². The normalized spacial score (nSPS) is 26.0. The van der Waals surface area contributed by atoms with Gasteiger partial charge in [0.1, 0.15) is 17.7 Å². The summed E-state index contributed by atoms with van der Waals surface area (Å²) in [7, 11) is 2.05. The first kappa shape index (κ1) is 17.6. The van der Waals surface area contributed by atoms with Crippen molar-refractivity contribution in [1.29, 1.82) is 0 Å². The zero-order chi connectivity index (χ0) is 17.9. The molecule has 0 saturated carbocycles. The van der Waals surface area contributed by atoms with Crippen LogP contribution < -0.4 is 10.1 Å². The number of aromatic nitrogens is 2. The van der Waals surface area contributed by atoms with Gasteiger partial charge in [0.05, 0.1) is 6.61 Å². The van der Waals surface area contributed by atoms with Crippen LogP contribution in [-0.4, -0.2) is 29.3 Å². The monoisotopic (exact) mass is 355 g/mol. The molecule has 0 spiro atoms. The van der Waals surface area contributed by atoms with Crippen molar-refractivity contribution < 1.29 is 9.47 Å². The Labute approximate surface area is 155 Å². The van der Waals surface area contributed by atoms with Crippen LogP contribution in [0.15, 0.2) is 30.6 Å². The van der Waals surface area contributed by atoms with Gasteiger partial charge in [-0.25, -0.2) is 4.98 Å².